The zero-order valence-electron chi connectivity index (χ0n) is 16.7. The number of carboxylic acid groups (broad SMARTS) is 1. The highest BCUT2D eigenvalue weighted by Crippen LogP contribution is 2.40. The van der Waals surface area contributed by atoms with E-state index in [1.807, 2.05) is 43.0 Å². The first-order valence-electron chi connectivity index (χ1n) is 9.59. The molecule has 0 aliphatic rings. The Kier molecular flexibility index (Phi) is 5.90. The van der Waals surface area contributed by atoms with Gasteiger partial charge in [-0.25, -0.2) is 9.78 Å². The predicted octanol–water partition coefficient (Wildman–Crippen LogP) is 6.22. The summed E-state index contributed by atoms with van der Waals surface area (Å²) < 4.78 is 0. The molecule has 146 valence electrons. The van der Waals surface area contributed by atoms with Crippen molar-refractivity contribution < 1.29 is 9.90 Å². The van der Waals surface area contributed by atoms with Crippen LogP contribution < -0.4 is 4.90 Å². The quantitative estimate of drug-likeness (QED) is 0.537. The molecule has 4 nitrogen and oxygen atoms in total. The Balaban J connectivity index is 2.49. The van der Waals surface area contributed by atoms with Gasteiger partial charge in [-0.15, -0.1) is 0 Å². The molecule has 0 radical (unpaired) electrons. The lowest BCUT2D eigenvalue weighted by atomic mass is 9.92. The van der Waals surface area contributed by atoms with E-state index in [1.165, 1.54) is 0 Å². The van der Waals surface area contributed by atoms with E-state index >= 15 is 0 Å². The van der Waals surface area contributed by atoms with Crippen LogP contribution in [0.3, 0.4) is 0 Å². The molecule has 0 amide bonds. The SMILES string of the molecule is CCN(CC)c1nc2cccc(Cl)c2c(-c2cccc(C(C)C)c2)c1C(=O)O. The molecule has 0 aliphatic carbocycles. The van der Waals surface area contributed by atoms with E-state index in [0.717, 1.165) is 11.1 Å². The Morgan fingerprint density at radius 1 is 1.14 bits per heavy atom. The van der Waals surface area contributed by atoms with Gasteiger partial charge in [0.25, 0.3) is 0 Å². The van der Waals surface area contributed by atoms with E-state index in [2.05, 4.69) is 26.0 Å². The highest BCUT2D eigenvalue weighted by atomic mass is 35.5. The topological polar surface area (TPSA) is 53.4 Å². The Bertz CT molecular complexity index is 1030. The lowest BCUT2D eigenvalue weighted by Gasteiger charge is -2.25. The molecule has 28 heavy (non-hydrogen) atoms. The molecule has 0 unspecified atom stereocenters. The number of aromatic carboxylic acids is 1. The zero-order valence-corrected chi connectivity index (χ0v) is 17.4. The Morgan fingerprint density at radius 3 is 2.43 bits per heavy atom. The van der Waals surface area contributed by atoms with Gasteiger partial charge in [0, 0.05) is 24.0 Å². The van der Waals surface area contributed by atoms with Crippen molar-refractivity contribution in [2.75, 3.05) is 18.0 Å². The number of halogens is 1. The van der Waals surface area contributed by atoms with Crippen LogP contribution in [-0.2, 0) is 0 Å². The minimum absolute atomic E-state index is 0.199. The number of aromatic nitrogens is 1. The zero-order chi connectivity index (χ0) is 20.4. The number of benzene rings is 2. The van der Waals surface area contributed by atoms with Gasteiger partial charge >= 0.3 is 5.97 Å². The molecule has 0 spiro atoms. The van der Waals surface area contributed by atoms with Gasteiger partial charge in [-0.2, -0.15) is 0 Å². The predicted molar refractivity (Wildman–Crippen MR) is 117 cm³/mol. The molecule has 1 aromatic heterocycles. The number of carboxylic acids is 1. The highest BCUT2D eigenvalue weighted by molar-refractivity contribution is 6.37. The third kappa shape index (κ3) is 3.57. The number of fused-ring (bicyclic) bond motifs is 1. The molecule has 0 aliphatic heterocycles. The fourth-order valence-electron chi connectivity index (χ4n) is 3.56. The van der Waals surface area contributed by atoms with Crippen LogP contribution in [0.1, 0.15) is 49.5 Å². The Hall–Kier alpha value is -2.59. The maximum absolute atomic E-state index is 12.4. The first-order valence-corrected chi connectivity index (χ1v) is 9.97. The highest BCUT2D eigenvalue weighted by Gasteiger charge is 2.25. The van der Waals surface area contributed by atoms with E-state index in [9.17, 15) is 9.90 Å². The third-order valence-corrected chi connectivity index (χ3v) is 5.38. The maximum atomic E-state index is 12.4. The van der Waals surface area contributed by atoms with Gasteiger partial charge < -0.3 is 10.0 Å². The number of nitrogens with zero attached hydrogens (tertiary/aromatic N) is 2. The Morgan fingerprint density at radius 2 is 1.82 bits per heavy atom. The van der Waals surface area contributed by atoms with Crippen LogP contribution in [0.5, 0.6) is 0 Å². The monoisotopic (exact) mass is 396 g/mol. The summed E-state index contributed by atoms with van der Waals surface area (Å²) in [6.07, 6.45) is 0. The molecule has 2 aromatic carbocycles. The minimum Gasteiger partial charge on any atom is -0.478 e. The second-order valence-electron chi connectivity index (χ2n) is 7.08. The lowest BCUT2D eigenvalue weighted by molar-refractivity contribution is 0.0698. The maximum Gasteiger partial charge on any atom is 0.340 e. The van der Waals surface area contributed by atoms with Crippen LogP contribution in [0.25, 0.3) is 22.0 Å². The van der Waals surface area contributed by atoms with Gasteiger partial charge in [-0.05, 0) is 43.0 Å². The number of carbonyl (C=O) groups is 1. The van der Waals surface area contributed by atoms with Crippen molar-refractivity contribution in [1.29, 1.82) is 0 Å². The van der Waals surface area contributed by atoms with Crippen LogP contribution in [0.4, 0.5) is 5.82 Å². The molecule has 1 heterocycles. The summed E-state index contributed by atoms with van der Waals surface area (Å²) in [6, 6.07) is 13.5. The fourth-order valence-corrected chi connectivity index (χ4v) is 3.82. The van der Waals surface area contributed by atoms with Gasteiger partial charge in [0.1, 0.15) is 11.4 Å². The van der Waals surface area contributed by atoms with Gasteiger partial charge in [-0.1, -0.05) is 55.8 Å². The van der Waals surface area contributed by atoms with E-state index < -0.39 is 5.97 Å². The summed E-state index contributed by atoms with van der Waals surface area (Å²) in [5.74, 6) is -0.183. The first kappa shape index (κ1) is 20.2. The van der Waals surface area contributed by atoms with E-state index in [4.69, 9.17) is 16.6 Å². The van der Waals surface area contributed by atoms with Crippen molar-refractivity contribution in [3.63, 3.8) is 0 Å². The third-order valence-electron chi connectivity index (χ3n) is 5.06. The van der Waals surface area contributed by atoms with Crippen LogP contribution in [0.15, 0.2) is 42.5 Å². The molecule has 5 heteroatoms. The fraction of sp³-hybridized carbons (Fsp3) is 0.304. The van der Waals surface area contributed by atoms with Crippen molar-refractivity contribution in [3.8, 4) is 11.1 Å². The van der Waals surface area contributed by atoms with Crippen molar-refractivity contribution in [2.45, 2.75) is 33.6 Å². The summed E-state index contributed by atoms with van der Waals surface area (Å²) in [6.45, 7) is 9.57. The summed E-state index contributed by atoms with van der Waals surface area (Å²) >= 11 is 6.54. The van der Waals surface area contributed by atoms with Gasteiger partial charge in [0.05, 0.1) is 10.5 Å². The first-order chi connectivity index (χ1) is 13.4. The largest absolute Gasteiger partial charge is 0.478 e. The molecule has 0 saturated carbocycles. The van der Waals surface area contributed by atoms with E-state index in [-0.39, 0.29) is 5.56 Å². The van der Waals surface area contributed by atoms with E-state index in [1.54, 1.807) is 6.07 Å². The van der Waals surface area contributed by atoms with Crippen molar-refractivity contribution in [3.05, 3.63) is 58.6 Å². The summed E-state index contributed by atoms with van der Waals surface area (Å²) in [5, 5.41) is 11.3. The van der Waals surface area contributed by atoms with Crippen LogP contribution in [-0.4, -0.2) is 29.1 Å². The molecule has 0 fully saturated rings. The summed E-state index contributed by atoms with van der Waals surface area (Å²) in [4.78, 5) is 19.1. The minimum atomic E-state index is -0.999. The second kappa shape index (κ2) is 8.19. The van der Waals surface area contributed by atoms with Crippen LogP contribution in [0.2, 0.25) is 5.02 Å². The van der Waals surface area contributed by atoms with Gasteiger partial charge in [-0.3, -0.25) is 0 Å². The number of pyridine rings is 1. The van der Waals surface area contributed by atoms with Gasteiger partial charge in [0.2, 0.25) is 0 Å². The average molecular weight is 397 g/mol. The normalized spacial score (nSPS) is 11.2. The number of hydrogen-bond acceptors (Lipinski definition) is 3. The number of anilines is 1. The second-order valence-corrected chi connectivity index (χ2v) is 7.48. The van der Waals surface area contributed by atoms with Crippen molar-refractivity contribution >= 4 is 34.3 Å². The molecule has 0 saturated heterocycles. The van der Waals surface area contributed by atoms with Crippen molar-refractivity contribution in [1.82, 2.24) is 4.98 Å². The van der Waals surface area contributed by atoms with E-state index in [0.29, 0.717) is 46.3 Å². The van der Waals surface area contributed by atoms with Crippen molar-refractivity contribution in [2.24, 2.45) is 0 Å². The lowest BCUT2D eigenvalue weighted by Crippen LogP contribution is -2.26. The molecule has 3 aromatic rings. The van der Waals surface area contributed by atoms with Crippen LogP contribution in [0, 0.1) is 0 Å². The standard InChI is InChI=1S/C23H25ClN2O2/c1-5-26(6-2)22-21(23(27)28)19(16-10-7-9-15(13-16)14(3)4)20-17(24)11-8-12-18(20)25-22/h7-14H,5-6H2,1-4H3,(H,27,28). The molecule has 0 atom stereocenters. The molecule has 1 N–H and O–H groups in total. The smallest absolute Gasteiger partial charge is 0.340 e. The van der Waals surface area contributed by atoms with Crippen LogP contribution >= 0.6 is 11.6 Å². The molecule has 0 bridgehead atoms. The number of hydrogen-bond donors (Lipinski definition) is 1. The Labute approximate surface area is 170 Å². The van der Waals surface area contributed by atoms with Gasteiger partial charge in [0.15, 0.2) is 0 Å². The molecular formula is C23H25ClN2O2. The molecule has 3 rings (SSSR count). The molecular weight excluding hydrogens is 372 g/mol. The average Bonchev–Trinajstić information content (AvgIpc) is 2.68. The summed E-state index contributed by atoms with van der Waals surface area (Å²) in [5.41, 5.74) is 3.52. The number of rotatable bonds is 6. The summed E-state index contributed by atoms with van der Waals surface area (Å²) in [7, 11) is 0.